The highest BCUT2D eigenvalue weighted by atomic mass is 19.2. The van der Waals surface area contributed by atoms with Gasteiger partial charge in [-0.15, -0.1) is 0 Å². The molecule has 2 aromatic rings. The second-order valence-electron chi connectivity index (χ2n) is 7.65. The van der Waals surface area contributed by atoms with Crippen LogP contribution in [-0.4, -0.2) is 40.4 Å². The summed E-state index contributed by atoms with van der Waals surface area (Å²) in [7, 11) is 1.68. The molecule has 0 spiro atoms. The summed E-state index contributed by atoms with van der Waals surface area (Å²) in [6, 6.07) is 7.89. The number of ether oxygens (including phenoxy) is 1. The van der Waals surface area contributed by atoms with Crippen LogP contribution in [0.2, 0.25) is 0 Å². The van der Waals surface area contributed by atoms with Gasteiger partial charge in [-0.2, -0.15) is 10.1 Å². The van der Waals surface area contributed by atoms with Crippen LogP contribution in [-0.2, 0) is 10.3 Å². The number of hydrogen-bond acceptors (Lipinski definition) is 9. The molecule has 1 aromatic heterocycles. The number of rotatable bonds is 3. The summed E-state index contributed by atoms with van der Waals surface area (Å²) in [6.07, 6.45) is 6.65. The van der Waals surface area contributed by atoms with Crippen LogP contribution in [0.5, 0.6) is 0 Å². The molecule has 4 heterocycles. The summed E-state index contributed by atoms with van der Waals surface area (Å²) in [6.45, 7) is 0.119. The zero-order valence-corrected chi connectivity index (χ0v) is 15.9. The molecule has 0 N–H and O–H groups in total. The standard InChI is InChI=1S/C19H20FN7O2/c1-28-19(8-4-5-9-19)17-22-18(23-29-17)26-11-21-16-13-6-2-3-7-14(13)25-12-24(20)10-15(25)27(16)26/h2-3,6-7,10-11,16H,4-5,8-9,12H2,1H3. The Bertz CT molecular complexity index is 1020. The molecule has 1 atom stereocenters. The van der Waals surface area contributed by atoms with Crippen molar-refractivity contribution in [2.24, 2.45) is 4.99 Å². The van der Waals surface area contributed by atoms with Crippen LogP contribution in [0.4, 0.5) is 16.1 Å². The molecule has 4 aliphatic rings. The second kappa shape index (κ2) is 5.93. The van der Waals surface area contributed by atoms with Gasteiger partial charge in [-0.3, -0.25) is 0 Å². The quantitative estimate of drug-likeness (QED) is 0.732. The first-order chi connectivity index (χ1) is 14.2. The van der Waals surface area contributed by atoms with Crippen molar-refractivity contribution in [2.45, 2.75) is 37.5 Å². The van der Waals surface area contributed by atoms with E-state index in [9.17, 15) is 4.48 Å². The maximum absolute atomic E-state index is 14.2. The van der Waals surface area contributed by atoms with Crippen molar-refractivity contribution < 1.29 is 13.7 Å². The fourth-order valence-corrected chi connectivity index (χ4v) is 4.68. The van der Waals surface area contributed by atoms with E-state index in [1.54, 1.807) is 18.5 Å². The van der Waals surface area contributed by atoms with Crippen LogP contribution in [0, 0.1) is 0 Å². The van der Waals surface area contributed by atoms with E-state index in [1.165, 1.54) is 6.20 Å². The minimum atomic E-state index is -0.523. The molecule has 1 saturated carbocycles. The van der Waals surface area contributed by atoms with Gasteiger partial charge >= 0.3 is 0 Å². The van der Waals surface area contributed by atoms with Gasteiger partial charge in [0.25, 0.3) is 11.8 Å². The maximum atomic E-state index is 14.2. The van der Waals surface area contributed by atoms with Crippen molar-refractivity contribution in [3.63, 3.8) is 0 Å². The molecule has 1 fully saturated rings. The number of methoxy groups -OCH3 is 1. The molecule has 1 aromatic carbocycles. The number of anilines is 2. The summed E-state index contributed by atoms with van der Waals surface area (Å²) in [5.74, 6) is 1.50. The third-order valence-corrected chi connectivity index (χ3v) is 6.14. The van der Waals surface area contributed by atoms with Crippen LogP contribution in [0.15, 0.2) is 45.8 Å². The number of nitrogens with zero attached hydrogens (tertiary/aromatic N) is 7. The van der Waals surface area contributed by atoms with Crippen molar-refractivity contribution in [3.05, 3.63) is 47.7 Å². The molecule has 0 bridgehead atoms. The number of benzene rings is 1. The predicted octanol–water partition coefficient (Wildman–Crippen LogP) is 3.03. The first kappa shape index (κ1) is 16.8. The number of fused-ring (bicyclic) bond motifs is 6. The fraction of sp³-hybridized carbons (Fsp3) is 0.421. The number of hydrazine groups is 1. The van der Waals surface area contributed by atoms with E-state index in [0.717, 1.165) is 36.9 Å². The Labute approximate surface area is 166 Å². The highest BCUT2D eigenvalue weighted by Gasteiger charge is 2.46. The van der Waals surface area contributed by atoms with E-state index in [2.05, 4.69) is 15.1 Å². The Morgan fingerprint density at radius 2 is 2.07 bits per heavy atom. The zero-order chi connectivity index (χ0) is 19.6. The van der Waals surface area contributed by atoms with Gasteiger partial charge in [0.05, 0.1) is 11.9 Å². The predicted molar refractivity (Wildman–Crippen MR) is 102 cm³/mol. The van der Waals surface area contributed by atoms with Crippen LogP contribution in [0.3, 0.4) is 0 Å². The maximum Gasteiger partial charge on any atom is 0.290 e. The molecule has 1 aliphatic carbocycles. The molecule has 0 saturated heterocycles. The molecular formula is C19H20FN7O2. The molecule has 0 radical (unpaired) electrons. The molecule has 29 heavy (non-hydrogen) atoms. The van der Waals surface area contributed by atoms with Gasteiger partial charge in [-0.25, -0.2) is 15.0 Å². The Kier molecular flexibility index (Phi) is 3.43. The number of aliphatic imine (C=N–C) groups is 1. The number of aromatic nitrogens is 2. The van der Waals surface area contributed by atoms with Gasteiger partial charge in [0, 0.05) is 12.7 Å². The lowest BCUT2D eigenvalue weighted by atomic mass is 10.0. The SMILES string of the molecule is COC1(c2nc(N3C=NC4c5ccccc5N5CN(F)C=C5N43)no2)CCCC1. The summed E-state index contributed by atoms with van der Waals surface area (Å²) in [5, 5.41) is 8.44. The number of hydrogen-bond donors (Lipinski definition) is 0. The summed E-state index contributed by atoms with van der Waals surface area (Å²) in [5.41, 5.74) is 1.41. The van der Waals surface area contributed by atoms with Gasteiger partial charge < -0.3 is 14.2 Å². The van der Waals surface area contributed by atoms with Crippen molar-refractivity contribution in [1.82, 2.24) is 20.3 Å². The van der Waals surface area contributed by atoms with Crippen molar-refractivity contribution in [3.8, 4) is 0 Å². The molecule has 10 heteroatoms. The highest BCUT2D eigenvalue weighted by Crippen LogP contribution is 2.47. The Balaban J connectivity index is 1.40. The van der Waals surface area contributed by atoms with E-state index >= 15 is 0 Å². The minimum absolute atomic E-state index is 0.119. The summed E-state index contributed by atoms with van der Waals surface area (Å²) >= 11 is 0. The first-order valence-electron chi connectivity index (χ1n) is 9.72. The van der Waals surface area contributed by atoms with E-state index in [1.807, 2.05) is 34.2 Å². The Morgan fingerprint density at radius 1 is 1.24 bits per heavy atom. The summed E-state index contributed by atoms with van der Waals surface area (Å²) in [4.78, 5) is 11.2. The van der Waals surface area contributed by atoms with Gasteiger partial charge in [-0.1, -0.05) is 22.7 Å². The molecule has 1 unspecified atom stereocenters. The van der Waals surface area contributed by atoms with Crippen LogP contribution in [0.1, 0.15) is 43.3 Å². The molecule has 6 rings (SSSR count). The van der Waals surface area contributed by atoms with Crippen LogP contribution < -0.4 is 9.91 Å². The molecular weight excluding hydrogens is 377 g/mol. The first-order valence-corrected chi connectivity index (χ1v) is 9.72. The Hall–Kier alpha value is -3.14. The van der Waals surface area contributed by atoms with Gasteiger partial charge in [-0.05, 0) is 36.9 Å². The third-order valence-electron chi connectivity index (χ3n) is 6.14. The van der Waals surface area contributed by atoms with Gasteiger partial charge in [0.2, 0.25) is 0 Å². The zero-order valence-electron chi connectivity index (χ0n) is 15.9. The number of halogens is 1. The average Bonchev–Trinajstić information content (AvgIpc) is 3.51. The second-order valence-corrected chi connectivity index (χ2v) is 7.65. The average molecular weight is 397 g/mol. The molecule has 0 amide bonds. The normalized spacial score (nSPS) is 24.1. The molecule has 3 aliphatic heterocycles. The smallest absolute Gasteiger partial charge is 0.290 e. The van der Waals surface area contributed by atoms with Crippen LogP contribution in [0.25, 0.3) is 0 Å². The van der Waals surface area contributed by atoms with Gasteiger partial charge in [0.1, 0.15) is 18.6 Å². The lowest BCUT2D eigenvalue weighted by molar-refractivity contribution is -0.0342. The van der Waals surface area contributed by atoms with E-state index in [-0.39, 0.29) is 12.8 Å². The van der Waals surface area contributed by atoms with E-state index in [4.69, 9.17) is 9.26 Å². The molecule has 150 valence electrons. The van der Waals surface area contributed by atoms with Crippen molar-refractivity contribution in [2.75, 3.05) is 23.7 Å². The third kappa shape index (κ3) is 2.26. The lowest BCUT2D eigenvalue weighted by Crippen LogP contribution is -2.47. The monoisotopic (exact) mass is 397 g/mol. The fourth-order valence-electron chi connectivity index (χ4n) is 4.68. The van der Waals surface area contributed by atoms with E-state index in [0.29, 0.717) is 22.8 Å². The minimum Gasteiger partial charge on any atom is -0.368 e. The van der Waals surface area contributed by atoms with Crippen LogP contribution >= 0.6 is 0 Å². The van der Waals surface area contributed by atoms with Crippen molar-refractivity contribution in [1.29, 1.82) is 0 Å². The number of para-hydroxylation sites is 1. The lowest BCUT2D eigenvalue weighted by Gasteiger charge is -2.41. The molecule has 9 nitrogen and oxygen atoms in total. The topological polar surface area (TPSA) is 73.5 Å². The highest BCUT2D eigenvalue weighted by molar-refractivity contribution is 5.80. The summed E-state index contributed by atoms with van der Waals surface area (Å²) < 4.78 is 25.5. The van der Waals surface area contributed by atoms with Gasteiger partial charge in [0.15, 0.2) is 12.0 Å². The van der Waals surface area contributed by atoms with E-state index < -0.39 is 5.60 Å². The van der Waals surface area contributed by atoms with Crippen molar-refractivity contribution >= 4 is 18.0 Å². The largest absolute Gasteiger partial charge is 0.368 e. The Morgan fingerprint density at radius 3 is 2.90 bits per heavy atom.